The van der Waals surface area contributed by atoms with E-state index in [9.17, 15) is 4.79 Å². The van der Waals surface area contributed by atoms with Gasteiger partial charge in [-0.3, -0.25) is 4.79 Å². The van der Waals surface area contributed by atoms with E-state index in [1.54, 1.807) is 0 Å². The molecule has 0 unspecified atom stereocenters. The van der Waals surface area contributed by atoms with Gasteiger partial charge in [-0.1, -0.05) is 67.9 Å². The van der Waals surface area contributed by atoms with Crippen LogP contribution in [0.4, 0.5) is 0 Å². The van der Waals surface area contributed by atoms with Gasteiger partial charge in [-0.05, 0) is 36.0 Å². The molecule has 0 spiro atoms. The Morgan fingerprint density at radius 2 is 1.84 bits per heavy atom. The van der Waals surface area contributed by atoms with Crippen LogP contribution in [0.1, 0.15) is 48.4 Å². The number of rotatable bonds is 9. The molecule has 2 rings (SSSR count). The first-order valence-electron chi connectivity index (χ1n) is 9.03. The third-order valence-corrected chi connectivity index (χ3v) is 5.24. The van der Waals surface area contributed by atoms with E-state index in [1.165, 1.54) is 22.3 Å². The molecule has 2 nitrogen and oxygen atoms in total. The molecule has 0 aliphatic carbocycles. The summed E-state index contributed by atoms with van der Waals surface area (Å²) in [5, 5.41) is 3.02. The van der Waals surface area contributed by atoms with E-state index < -0.39 is 0 Å². The summed E-state index contributed by atoms with van der Waals surface area (Å²) < 4.78 is 0. The topological polar surface area (TPSA) is 29.1 Å². The fourth-order valence-electron chi connectivity index (χ4n) is 2.67. The number of hydrogen-bond acceptors (Lipinski definition) is 2. The van der Waals surface area contributed by atoms with Crippen molar-refractivity contribution in [3.63, 3.8) is 0 Å². The first-order valence-corrected chi connectivity index (χ1v) is 10.2. The normalized spacial score (nSPS) is 10.9. The number of aryl methyl sites for hydroxylation is 2. The molecule has 25 heavy (non-hydrogen) atoms. The third kappa shape index (κ3) is 7.35. The molecule has 0 radical (unpaired) electrons. The molecular formula is C22H29NOS. The zero-order valence-electron chi connectivity index (χ0n) is 15.5. The van der Waals surface area contributed by atoms with Crippen LogP contribution in [0.15, 0.2) is 48.5 Å². The molecule has 0 aromatic heterocycles. The molecule has 0 aliphatic rings. The molecular weight excluding hydrogens is 326 g/mol. The van der Waals surface area contributed by atoms with E-state index in [0.29, 0.717) is 12.3 Å². The Morgan fingerprint density at radius 1 is 1.08 bits per heavy atom. The van der Waals surface area contributed by atoms with Gasteiger partial charge in [0.05, 0.1) is 0 Å². The van der Waals surface area contributed by atoms with Crippen LogP contribution in [0.5, 0.6) is 0 Å². The first kappa shape index (κ1) is 19.6. The lowest BCUT2D eigenvalue weighted by Crippen LogP contribution is -2.25. The van der Waals surface area contributed by atoms with Crippen molar-refractivity contribution >= 4 is 17.7 Å². The second-order valence-corrected chi connectivity index (χ2v) is 7.89. The third-order valence-electron chi connectivity index (χ3n) is 4.21. The molecule has 0 aliphatic heterocycles. The van der Waals surface area contributed by atoms with Crippen LogP contribution >= 0.6 is 11.8 Å². The Kier molecular flexibility index (Phi) is 8.07. The van der Waals surface area contributed by atoms with E-state index in [1.807, 2.05) is 11.8 Å². The van der Waals surface area contributed by atoms with E-state index in [4.69, 9.17) is 0 Å². The highest BCUT2D eigenvalue weighted by molar-refractivity contribution is 7.98. The van der Waals surface area contributed by atoms with Crippen molar-refractivity contribution in [3.05, 3.63) is 70.8 Å². The molecule has 2 aromatic rings. The van der Waals surface area contributed by atoms with Crippen molar-refractivity contribution in [2.24, 2.45) is 0 Å². The predicted molar refractivity (Wildman–Crippen MR) is 109 cm³/mol. The fourth-order valence-corrected chi connectivity index (χ4v) is 3.48. The number of carbonyl (C=O) groups excluding carboxylic acids is 1. The molecule has 0 heterocycles. The Labute approximate surface area is 156 Å². The standard InChI is InChI=1S/C22H29NOS/c1-17(2)21-10-7-19(8-11-21)9-12-22(24)23-13-14-25-16-20-6-4-5-18(3)15-20/h4-8,10-11,15,17H,9,12-14,16H2,1-3H3,(H,23,24). The van der Waals surface area contributed by atoms with E-state index in [-0.39, 0.29) is 5.91 Å². The SMILES string of the molecule is Cc1cccc(CSCCNC(=O)CCc2ccc(C(C)C)cc2)c1. The van der Waals surface area contributed by atoms with Gasteiger partial charge < -0.3 is 5.32 Å². The molecule has 2 aromatic carbocycles. The fraction of sp³-hybridized carbons (Fsp3) is 0.409. The number of hydrogen-bond donors (Lipinski definition) is 1. The number of thioether (sulfide) groups is 1. The van der Waals surface area contributed by atoms with Crippen molar-refractivity contribution in [3.8, 4) is 0 Å². The molecule has 3 heteroatoms. The summed E-state index contributed by atoms with van der Waals surface area (Å²) in [5.74, 6) is 2.64. The van der Waals surface area contributed by atoms with Crippen LogP contribution in [0.2, 0.25) is 0 Å². The van der Waals surface area contributed by atoms with Crippen molar-refractivity contribution in [2.75, 3.05) is 12.3 Å². The zero-order chi connectivity index (χ0) is 18.1. The lowest BCUT2D eigenvalue weighted by atomic mass is 10.0. The maximum atomic E-state index is 11.9. The van der Waals surface area contributed by atoms with Crippen LogP contribution in [0.3, 0.4) is 0 Å². The maximum Gasteiger partial charge on any atom is 0.220 e. The highest BCUT2D eigenvalue weighted by atomic mass is 32.2. The summed E-state index contributed by atoms with van der Waals surface area (Å²) in [6.07, 6.45) is 1.37. The largest absolute Gasteiger partial charge is 0.355 e. The number of amides is 1. The second kappa shape index (κ2) is 10.3. The van der Waals surface area contributed by atoms with Gasteiger partial charge in [-0.15, -0.1) is 0 Å². The molecule has 0 bridgehead atoms. The van der Waals surface area contributed by atoms with E-state index in [0.717, 1.165) is 24.5 Å². The summed E-state index contributed by atoms with van der Waals surface area (Å²) in [7, 11) is 0. The monoisotopic (exact) mass is 355 g/mol. The quantitative estimate of drug-likeness (QED) is 0.634. The van der Waals surface area contributed by atoms with Crippen LogP contribution in [-0.2, 0) is 17.0 Å². The van der Waals surface area contributed by atoms with Crippen molar-refractivity contribution in [1.29, 1.82) is 0 Å². The molecule has 0 saturated heterocycles. The maximum absolute atomic E-state index is 11.9. The van der Waals surface area contributed by atoms with E-state index >= 15 is 0 Å². The molecule has 0 fully saturated rings. The first-order chi connectivity index (χ1) is 12.0. The van der Waals surface area contributed by atoms with Crippen molar-refractivity contribution in [1.82, 2.24) is 5.32 Å². The molecule has 0 atom stereocenters. The minimum absolute atomic E-state index is 0.143. The Hall–Kier alpha value is -1.74. The average Bonchev–Trinajstić information content (AvgIpc) is 2.60. The highest BCUT2D eigenvalue weighted by Gasteiger charge is 2.03. The summed E-state index contributed by atoms with van der Waals surface area (Å²) in [4.78, 5) is 11.9. The summed E-state index contributed by atoms with van der Waals surface area (Å²) >= 11 is 1.86. The summed E-state index contributed by atoms with van der Waals surface area (Å²) in [5.41, 5.74) is 5.22. The second-order valence-electron chi connectivity index (χ2n) is 6.79. The minimum atomic E-state index is 0.143. The molecule has 1 N–H and O–H groups in total. The average molecular weight is 356 g/mol. The van der Waals surface area contributed by atoms with Gasteiger partial charge in [0.2, 0.25) is 5.91 Å². The summed E-state index contributed by atoms with van der Waals surface area (Å²) in [6, 6.07) is 17.2. The van der Waals surface area contributed by atoms with Gasteiger partial charge in [0.25, 0.3) is 0 Å². The van der Waals surface area contributed by atoms with Gasteiger partial charge in [-0.25, -0.2) is 0 Å². The Balaban J connectivity index is 1.59. The van der Waals surface area contributed by atoms with Gasteiger partial charge in [0.15, 0.2) is 0 Å². The number of carbonyl (C=O) groups is 1. The zero-order valence-corrected chi connectivity index (χ0v) is 16.4. The highest BCUT2D eigenvalue weighted by Crippen LogP contribution is 2.15. The predicted octanol–water partition coefficient (Wildman–Crippen LogP) is 5.10. The summed E-state index contributed by atoms with van der Waals surface area (Å²) in [6.45, 7) is 7.24. The molecule has 1 amide bonds. The lowest BCUT2D eigenvalue weighted by molar-refractivity contribution is -0.120. The smallest absolute Gasteiger partial charge is 0.220 e. The Morgan fingerprint density at radius 3 is 2.52 bits per heavy atom. The van der Waals surface area contributed by atoms with Crippen LogP contribution in [0, 0.1) is 6.92 Å². The van der Waals surface area contributed by atoms with Crippen molar-refractivity contribution in [2.45, 2.75) is 45.3 Å². The van der Waals surface area contributed by atoms with Crippen LogP contribution < -0.4 is 5.32 Å². The number of benzene rings is 2. The molecule has 134 valence electrons. The van der Waals surface area contributed by atoms with Crippen molar-refractivity contribution < 1.29 is 4.79 Å². The minimum Gasteiger partial charge on any atom is -0.355 e. The van der Waals surface area contributed by atoms with E-state index in [2.05, 4.69) is 74.6 Å². The van der Waals surface area contributed by atoms with Gasteiger partial charge in [0, 0.05) is 24.5 Å². The van der Waals surface area contributed by atoms with Gasteiger partial charge in [-0.2, -0.15) is 11.8 Å². The number of nitrogens with one attached hydrogen (secondary N) is 1. The van der Waals surface area contributed by atoms with Gasteiger partial charge >= 0.3 is 0 Å². The Bertz CT molecular complexity index is 664. The van der Waals surface area contributed by atoms with Gasteiger partial charge in [0.1, 0.15) is 0 Å². The van der Waals surface area contributed by atoms with Crippen LogP contribution in [0.25, 0.3) is 0 Å². The lowest BCUT2D eigenvalue weighted by Gasteiger charge is -2.08. The molecule has 0 saturated carbocycles. The van der Waals surface area contributed by atoms with Crippen LogP contribution in [-0.4, -0.2) is 18.2 Å².